The third kappa shape index (κ3) is 2.48. The summed E-state index contributed by atoms with van der Waals surface area (Å²) in [4.78, 5) is 2.91. The first-order chi connectivity index (χ1) is 7.31. The van der Waals surface area contributed by atoms with E-state index in [2.05, 4.69) is 41.2 Å². The van der Waals surface area contributed by atoms with Crippen LogP contribution in [0.2, 0.25) is 0 Å². The molecule has 2 aromatic heterocycles. The Hall–Kier alpha value is -0.640. The Labute approximate surface area is 98.8 Å². The fourth-order valence-electron chi connectivity index (χ4n) is 1.70. The molecule has 0 aromatic carbocycles. The minimum Gasteiger partial charge on any atom is -0.312 e. The van der Waals surface area contributed by atoms with Crippen LogP contribution in [0.15, 0.2) is 29.0 Å². The Morgan fingerprint density at radius 3 is 2.67 bits per heavy atom. The van der Waals surface area contributed by atoms with Crippen LogP contribution in [0, 0.1) is 6.92 Å². The average Bonchev–Trinajstić information content (AvgIpc) is 2.85. The molecule has 0 bridgehead atoms. The number of thiophene rings is 2. The lowest BCUT2D eigenvalue weighted by Crippen LogP contribution is -2.17. The molecule has 0 spiro atoms. The maximum absolute atomic E-state index is 3.40. The number of hydrogen-bond acceptors (Lipinski definition) is 3. The highest BCUT2D eigenvalue weighted by Crippen LogP contribution is 2.27. The summed E-state index contributed by atoms with van der Waals surface area (Å²) >= 11 is 3.68. The van der Waals surface area contributed by atoms with E-state index in [9.17, 15) is 0 Å². The van der Waals surface area contributed by atoms with Crippen LogP contribution in [-0.4, -0.2) is 7.05 Å². The Kier molecular flexibility index (Phi) is 3.57. The molecule has 2 heterocycles. The van der Waals surface area contributed by atoms with E-state index in [1.807, 2.05) is 29.7 Å². The van der Waals surface area contributed by atoms with Gasteiger partial charge in [-0.2, -0.15) is 0 Å². The predicted octanol–water partition coefficient (Wildman–Crippen LogP) is 3.62. The summed E-state index contributed by atoms with van der Waals surface area (Å²) in [5.41, 5.74) is 1.40. The molecule has 1 unspecified atom stereocenters. The molecular formula is C12H15NS2. The standard InChI is InChI=1S/C12H15NS2/c1-9-5-7-15-12(9)11(13-2)8-10-4-3-6-14-10/h3-7,11,13H,8H2,1-2H3. The summed E-state index contributed by atoms with van der Waals surface area (Å²) in [5.74, 6) is 0. The van der Waals surface area contributed by atoms with Crippen molar-refractivity contribution in [2.24, 2.45) is 0 Å². The van der Waals surface area contributed by atoms with Gasteiger partial charge in [-0.05, 0) is 42.4 Å². The fourth-order valence-corrected chi connectivity index (χ4v) is 3.49. The van der Waals surface area contributed by atoms with Crippen molar-refractivity contribution in [3.05, 3.63) is 44.3 Å². The molecule has 0 radical (unpaired) electrons. The number of nitrogens with one attached hydrogen (secondary N) is 1. The van der Waals surface area contributed by atoms with Crippen molar-refractivity contribution in [2.45, 2.75) is 19.4 Å². The van der Waals surface area contributed by atoms with Crippen molar-refractivity contribution >= 4 is 22.7 Å². The summed E-state index contributed by atoms with van der Waals surface area (Å²) in [5, 5.41) is 7.71. The molecule has 1 atom stereocenters. The lowest BCUT2D eigenvalue weighted by molar-refractivity contribution is 0.604. The maximum atomic E-state index is 3.40. The van der Waals surface area contributed by atoms with Gasteiger partial charge in [-0.1, -0.05) is 6.07 Å². The molecule has 80 valence electrons. The Bertz CT molecular complexity index is 403. The van der Waals surface area contributed by atoms with Gasteiger partial charge in [0.1, 0.15) is 0 Å². The van der Waals surface area contributed by atoms with Crippen molar-refractivity contribution in [1.82, 2.24) is 5.32 Å². The third-order valence-corrected chi connectivity index (χ3v) is 4.58. The highest BCUT2D eigenvalue weighted by molar-refractivity contribution is 7.10. The Balaban J connectivity index is 2.15. The van der Waals surface area contributed by atoms with Crippen molar-refractivity contribution < 1.29 is 0 Å². The first kappa shape index (κ1) is 10.9. The molecule has 0 saturated heterocycles. The van der Waals surface area contributed by atoms with E-state index in [1.165, 1.54) is 15.3 Å². The summed E-state index contributed by atoms with van der Waals surface area (Å²) in [6.45, 7) is 2.19. The van der Waals surface area contributed by atoms with Gasteiger partial charge in [-0.15, -0.1) is 22.7 Å². The van der Waals surface area contributed by atoms with E-state index in [0.29, 0.717) is 6.04 Å². The van der Waals surface area contributed by atoms with Crippen LogP contribution in [-0.2, 0) is 6.42 Å². The minimum atomic E-state index is 0.462. The molecule has 0 saturated carbocycles. The second-order valence-corrected chi connectivity index (χ2v) is 5.57. The first-order valence-corrected chi connectivity index (χ1v) is 6.81. The zero-order valence-corrected chi connectivity index (χ0v) is 10.6. The van der Waals surface area contributed by atoms with Crippen LogP contribution in [0.3, 0.4) is 0 Å². The van der Waals surface area contributed by atoms with Gasteiger partial charge in [0.15, 0.2) is 0 Å². The van der Waals surface area contributed by atoms with Gasteiger partial charge >= 0.3 is 0 Å². The molecule has 2 aromatic rings. The van der Waals surface area contributed by atoms with Gasteiger partial charge in [-0.25, -0.2) is 0 Å². The van der Waals surface area contributed by atoms with Gasteiger partial charge in [0.05, 0.1) is 0 Å². The van der Waals surface area contributed by atoms with Crippen LogP contribution in [0.5, 0.6) is 0 Å². The molecule has 2 rings (SSSR count). The number of hydrogen-bond donors (Lipinski definition) is 1. The van der Waals surface area contributed by atoms with Gasteiger partial charge in [-0.3, -0.25) is 0 Å². The average molecular weight is 237 g/mol. The van der Waals surface area contributed by atoms with Crippen molar-refractivity contribution in [3.63, 3.8) is 0 Å². The number of likely N-dealkylation sites (N-methyl/N-ethyl adjacent to an activating group) is 1. The summed E-state index contributed by atoms with van der Waals surface area (Å²) in [7, 11) is 2.04. The molecule has 0 aliphatic rings. The van der Waals surface area contributed by atoms with E-state index in [4.69, 9.17) is 0 Å². The van der Waals surface area contributed by atoms with Crippen LogP contribution in [0.25, 0.3) is 0 Å². The monoisotopic (exact) mass is 237 g/mol. The lowest BCUT2D eigenvalue weighted by atomic mass is 10.1. The highest BCUT2D eigenvalue weighted by Gasteiger charge is 2.13. The summed E-state index contributed by atoms with van der Waals surface area (Å²) in [6, 6.07) is 6.98. The second kappa shape index (κ2) is 4.92. The number of aryl methyl sites for hydroxylation is 1. The third-order valence-electron chi connectivity index (χ3n) is 2.55. The molecule has 0 aliphatic heterocycles. The van der Waals surface area contributed by atoms with Crippen molar-refractivity contribution in [2.75, 3.05) is 7.05 Å². The predicted molar refractivity (Wildman–Crippen MR) is 68.9 cm³/mol. The Morgan fingerprint density at radius 2 is 2.13 bits per heavy atom. The Morgan fingerprint density at radius 1 is 1.27 bits per heavy atom. The van der Waals surface area contributed by atoms with Gasteiger partial charge < -0.3 is 5.32 Å². The van der Waals surface area contributed by atoms with Crippen LogP contribution >= 0.6 is 22.7 Å². The van der Waals surface area contributed by atoms with Crippen LogP contribution in [0.4, 0.5) is 0 Å². The molecule has 0 aliphatic carbocycles. The van der Waals surface area contributed by atoms with E-state index in [-0.39, 0.29) is 0 Å². The lowest BCUT2D eigenvalue weighted by Gasteiger charge is -2.14. The molecule has 0 fully saturated rings. The van der Waals surface area contributed by atoms with Crippen molar-refractivity contribution in [3.8, 4) is 0 Å². The molecule has 15 heavy (non-hydrogen) atoms. The van der Waals surface area contributed by atoms with Crippen molar-refractivity contribution in [1.29, 1.82) is 0 Å². The highest BCUT2D eigenvalue weighted by atomic mass is 32.1. The van der Waals surface area contributed by atoms with Crippen LogP contribution in [0.1, 0.15) is 21.4 Å². The normalized spacial score (nSPS) is 12.9. The largest absolute Gasteiger partial charge is 0.312 e. The summed E-state index contributed by atoms with van der Waals surface area (Å²) < 4.78 is 0. The zero-order valence-electron chi connectivity index (χ0n) is 8.99. The van der Waals surface area contributed by atoms with E-state index >= 15 is 0 Å². The van der Waals surface area contributed by atoms with Gasteiger partial charge in [0.25, 0.3) is 0 Å². The molecular weight excluding hydrogens is 222 g/mol. The quantitative estimate of drug-likeness (QED) is 0.856. The smallest absolute Gasteiger partial charge is 0.0463 e. The van der Waals surface area contributed by atoms with E-state index in [1.54, 1.807) is 0 Å². The first-order valence-electron chi connectivity index (χ1n) is 5.05. The second-order valence-electron chi connectivity index (χ2n) is 3.59. The minimum absolute atomic E-state index is 0.462. The number of rotatable bonds is 4. The van der Waals surface area contributed by atoms with Gasteiger partial charge in [0.2, 0.25) is 0 Å². The maximum Gasteiger partial charge on any atom is 0.0463 e. The molecule has 1 N–H and O–H groups in total. The topological polar surface area (TPSA) is 12.0 Å². The SMILES string of the molecule is CNC(Cc1cccs1)c1sccc1C. The van der Waals surface area contributed by atoms with E-state index in [0.717, 1.165) is 6.42 Å². The zero-order chi connectivity index (χ0) is 10.7. The van der Waals surface area contributed by atoms with Crippen LogP contribution < -0.4 is 5.32 Å². The van der Waals surface area contributed by atoms with E-state index < -0.39 is 0 Å². The molecule has 1 nitrogen and oxygen atoms in total. The molecule has 0 amide bonds. The summed E-state index contributed by atoms with van der Waals surface area (Å²) in [6.07, 6.45) is 1.09. The van der Waals surface area contributed by atoms with Gasteiger partial charge in [0, 0.05) is 22.2 Å². The fraction of sp³-hybridized carbons (Fsp3) is 0.333. The molecule has 3 heteroatoms.